The number of nitriles is 1. The summed E-state index contributed by atoms with van der Waals surface area (Å²) in [6.45, 7) is 2.73. The standard InChI is InChI=1S/C23H25N3O5/c1-3-4-5-6-12-31-21-11-10-17(14-22(21)30-2)13-18(16-24)23(27)25-19-8-7-9-20(15-19)26(28)29/h7-11,13-15H,3-6,12H2,1-2H3,(H,25,27)/b18-13-. The molecule has 0 bridgehead atoms. The zero-order valence-electron chi connectivity index (χ0n) is 17.6. The molecule has 0 unspecified atom stereocenters. The number of rotatable bonds is 11. The van der Waals surface area contributed by atoms with Gasteiger partial charge in [-0.3, -0.25) is 14.9 Å². The third-order valence-corrected chi connectivity index (χ3v) is 4.43. The van der Waals surface area contributed by atoms with E-state index >= 15 is 0 Å². The number of non-ortho nitro benzene ring substituents is 1. The van der Waals surface area contributed by atoms with E-state index in [9.17, 15) is 20.2 Å². The number of hydrogen-bond donors (Lipinski definition) is 1. The van der Waals surface area contributed by atoms with Gasteiger partial charge in [0.2, 0.25) is 0 Å². The first-order valence-corrected chi connectivity index (χ1v) is 9.97. The average molecular weight is 423 g/mol. The molecule has 0 aliphatic heterocycles. The molecule has 1 amide bonds. The van der Waals surface area contributed by atoms with Crippen LogP contribution < -0.4 is 14.8 Å². The highest BCUT2D eigenvalue weighted by molar-refractivity contribution is 6.09. The van der Waals surface area contributed by atoms with Crippen molar-refractivity contribution in [1.82, 2.24) is 0 Å². The number of carbonyl (C=O) groups is 1. The van der Waals surface area contributed by atoms with Crippen molar-refractivity contribution in [2.75, 3.05) is 19.0 Å². The number of hydrogen-bond acceptors (Lipinski definition) is 6. The number of nitro groups is 1. The Morgan fingerprint density at radius 1 is 1.19 bits per heavy atom. The third-order valence-electron chi connectivity index (χ3n) is 4.43. The van der Waals surface area contributed by atoms with Crippen molar-refractivity contribution >= 4 is 23.4 Å². The number of nitrogens with one attached hydrogen (secondary N) is 1. The highest BCUT2D eigenvalue weighted by atomic mass is 16.6. The monoisotopic (exact) mass is 423 g/mol. The van der Waals surface area contributed by atoms with Crippen LogP contribution in [-0.4, -0.2) is 24.5 Å². The van der Waals surface area contributed by atoms with Crippen LogP contribution in [0.2, 0.25) is 0 Å². The molecule has 0 heterocycles. The average Bonchev–Trinajstić information content (AvgIpc) is 2.77. The zero-order valence-corrected chi connectivity index (χ0v) is 17.6. The molecule has 0 saturated heterocycles. The van der Waals surface area contributed by atoms with Crippen LogP contribution in [0.15, 0.2) is 48.0 Å². The summed E-state index contributed by atoms with van der Waals surface area (Å²) in [6.07, 6.45) is 5.79. The summed E-state index contributed by atoms with van der Waals surface area (Å²) in [6, 6.07) is 12.5. The van der Waals surface area contributed by atoms with E-state index < -0.39 is 10.8 Å². The number of carbonyl (C=O) groups excluding carboxylic acids is 1. The minimum Gasteiger partial charge on any atom is -0.493 e. The van der Waals surface area contributed by atoms with Crippen molar-refractivity contribution in [1.29, 1.82) is 5.26 Å². The van der Waals surface area contributed by atoms with Crippen LogP contribution in [0.4, 0.5) is 11.4 Å². The number of amides is 1. The first-order chi connectivity index (χ1) is 15.0. The van der Waals surface area contributed by atoms with Gasteiger partial charge in [0.05, 0.1) is 18.6 Å². The van der Waals surface area contributed by atoms with Gasteiger partial charge in [-0.15, -0.1) is 0 Å². The molecule has 1 N–H and O–H groups in total. The Balaban J connectivity index is 2.12. The highest BCUT2D eigenvalue weighted by Gasteiger charge is 2.13. The summed E-state index contributed by atoms with van der Waals surface area (Å²) in [5.41, 5.74) is 0.503. The predicted octanol–water partition coefficient (Wildman–Crippen LogP) is 5.11. The number of unbranched alkanes of at least 4 members (excludes halogenated alkanes) is 3. The smallest absolute Gasteiger partial charge is 0.271 e. The lowest BCUT2D eigenvalue weighted by atomic mass is 10.1. The van der Waals surface area contributed by atoms with E-state index in [1.165, 1.54) is 43.9 Å². The lowest BCUT2D eigenvalue weighted by Gasteiger charge is -2.11. The molecule has 2 rings (SSSR count). The van der Waals surface area contributed by atoms with Crippen LogP contribution in [-0.2, 0) is 4.79 Å². The van der Waals surface area contributed by atoms with Gasteiger partial charge >= 0.3 is 0 Å². The molecule has 8 nitrogen and oxygen atoms in total. The Hall–Kier alpha value is -3.86. The molecular formula is C23H25N3O5. The summed E-state index contributed by atoms with van der Waals surface area (Å²) < 4.78 is 11.1. The molecule has 0 spiro atoms. The van der Waals surface area contributed by atoms with E-state index in [1.807, 2.05) is 6.07 Å². The lowest BCUT2D eigenvalue weighted by Crippen LogP contribution is -2.13. The normalized spacial score (nSPS) is 10.8. The van der Waals surface area contributed by atoms with Gasteiger partial charge in [0.1, 0.15) is 11.6 Å². The SMILES string of the molecule is CCCCCCOc1ccc(/C=C(/C#N)C(=O)Nc2cccc([N+](=O)[O-])c2)cc1OC. The van der Waals surface area contributed by atoms with E-state index in [1.54, 1.807) is 18.2 Å². The molecule has 0 aromatic heterocycles. The zero-order chi connectivity index (χ0) is 22.6. The molecule has 2 aromatic carbocycles. The molecule has 2 aromatic rings. The molecule has 31 heavy (non-hydrogen) atoms. The van der Waals surface area contributed by atoms with Gasteiger partial charge in [0, 0.05) is 17.8 Å². The predicted molar refractivity (Wildman–Crippen MR) is 118 cm³/mol. The van der Waals surface area contributed by atoms with Crippen LogP contribution in [0.3, 0.4) is 0 Å². The van der Waals surface area contributed by atoms with E-state index in [0.29, 0.717) is 23.7 Å². The van der Waals surface area contributed by atoms with Crippen molar-refractivity contribution in [2.24, 2.45) is 0 Å². The first kappa shape index (κ1) is 23.4. The van der Waals surface area contributed by atoms with E-state index in [0.717, 1.165) is 19.3 Å². The minimum absolute atomic E-state index is 0.151. The minimum atomic E-state index is -0.668. The third kappa shape index (κ3) is 7.16. The maximum absolute atomic E-state index is 12.5. The molecule has 8 heteroatoms. The van der Waals surface area contributed by atoms with Crippen molar-refractivity contribution in [3.8, 4) is 17.6 Å². The number of nitrogens with zero attached hydrogens (tertiary/aromatic N) is 2. The molecule has 0 saturated carbocycles. The largest absolute Gasteiger partial charge is 0.493 e. The fourth-order valence-electron chi connectivity index (χ4n) is 2.82. The van der Waals surface area contributed by atoms with Gasteiger partial charge in [-0.05, 0) is 36.3 Å². The van der Waals surface area contributed by atoms with Crippen LogP contribution in [0.1, 0.15) is 38.2 Å². The first-order valence-electron chi connectivity index (χ1n) is 9.97. The Morgan fingerprint density at radius 2 is 2.00 bits per heavy atom. The van der Waals surface area contributed by atoms with Crippen LogP contribution in [0.25, 0.3) is 6.08 Å². The maximum atomic E-state index is 12.5. The Labute approximate surface area is 181 Å². The molecule has 162 valence electrons. The summed E-state index contributed by atoms with van der Waals surface area (Å²) in [5, 5.41) is 22.8. The number of benzene rings is 2. The number of methoxy groups -OCH3 is 1. The Morgan fingerprint density at radius 3 is 2.68 bits per heavy atom. The summed E-state index contributed by atoms with van der Waals surface area (Å²) in [5.74, 6) is 0.426. The second-order valence-corrected chi connectivity index (χ2v) is 6.75. The highest BCUT2D eigenvalue weighted by Crippen LogP contribution is 2.29. The number of nitro benzene ring substituents is 1. The maximum Gasteiger partial charge on any atom is 0.271 e. The summed E-state index contributed by atoms with van der Waals surface area (Å²) >= 11 is 0. The van der Waals surface area contributed by atoms with Crippen molar-refractivity contribution in [2.45, 2.75) is 32.6 Å². The van der Waals surface area contributed by atoms with E-state index in [2.05, 4.69) is 12.2 Å². The van der Waals surface area contributed by atoms with Crippen molar-refractivity contribution in [3.63, 3.8) is 0 Å². The van der Waals surface area contributed by atoms with Gasteiger partial charge in [-0.25, -0.2) is 0 Å². The Bertz CT molecular complexity index is 995. The van der Waals surface area contributed by atoms with E-state index in [-0.39, 0.29) is 16.9 Å². The molecule has 0 aliphatic carbocycles. The van der Waals surface area contributed by atoms with Crippen LogP contribution >= 0.6 is 0 Å². The van der Waals surface area contributed by atoms with Crippen LogP contribution in [0, 0.1) is 21.4 Å². The molecule has 0 aliphatic rings. The van der Waals surface area contributed by atoms with Gasteiger partial charge in [-0.1, -0.05) is 38.3 Å². The summed E-state index contributed by atoms with van der Waals surface area (Å²) in [7, 11) is 1.52. The van der Waals surface area contributed by atoms with Crippen molar-refractivity contribution < 1.29 is 19.2 Å². The number of ether oxygens (including phenoxy) is 2. The molecule has 0 radical (unpaired) electrons. The summed E-state index contributed by atoms with van der Waals surface area (Å²) in [4.78, 5) is 22.8. The lowest BCUT2D eigenvalue weighted by molar-refractivity contribution is -0.384. The Kier molecular flexibility index (Phi) is 9.05. The van der Waals surface area contributed by atoms with E-state index in [4.69, 9.17) is 9.47 Å². The van der Waals surface area contributed by atoms with Gasteiger partial charge in [0.15, 0.2) is 11.5 Å². The van der Waals surface area contributed by atoms with Gasteiger partial charge in [-0.2, -0.15) is 5.26 Å². The van der Waals surface area contributed by atoms with Crippen molar-refractivity contribution in [3.05, 3.63) is 63.7 Å². The van der Waals surface area contributed by atoms with Crippen LogP contribution in [0.5, 0.6) is 11.5 Å². The van der Waals surface area contributed by atoms with Gasteiger partial charge < -0.3 is 14.8 Å². The molecule has 0 atom stereocenters. The number of anilines is 1. The fraction of sp³-hybridized carbons (Fsp3) is 0.304. The topological polar surface area (TPSA) is 114 Å². The quantitative estimate of drug-likeness (QED) is 0.177. The second-order valence-electron chi connectivity index (χ2n) is 6.75. The fourth-order valence-corrected chi connectivity index (χ4v) is 2.82. The molecular weight excluding hydrogens is 398 g/mol. The molecule has 0 fully saturated rings. The van der Waals surface area contributed by atoms with Gasteiger partial charge in [0.25, 0.3) is 11.6 Å². The second kappa shape index (κ2) is 12.0.